The Hall–Kier alpha value is -4.56. The molecule has 2 nitrogen and oxygen atoms in total. The van der Waals surface area contributed by atoms with Gasteiger partial charge in [0.05, 0.1) is 22.8 Å². The predicted molar refractivity (Wildman–Crippen MR) is 185 cm³/mol. The third-order valence-corrected chi connectivity index (χ3v) is 11.0. The maximum absolute atomic E-state index is 2.59. The van der Waals surface area contributed by atoms with Gasteiger partial charge in [-0.3, -0.25) is 0 Å². The van der Waals surface area contributed by atoms with Crippen LogP contribution in [0.1, 0.15) is 58.1 Å². The van der Waals surface area contributed by atoms with Crippen LogP contribution in [0.25, 0.3) is 27.5 Å². The van der Waals surface area contributed by atoms with Gasteiger partial charge in [-0.15, -0.1) is 0 Å². The second kappa shape index (κ2) is 8.99. The van der Waals surface area contributed by atoms with Crippen LogP contribution in [0.3, 0.4) is 0 Å². The van der Waals surface area contributed by atoms with Gasteiger partial charge in [0.15, 0.2) is 0 Å². The van der Waals surface area contributed by atoms with E-state index in [0.29, 0.717) is 0 Å². The normalized spacial score (nSPS) is 20.7. The molecule has 4 aromatic carbocycles. The van der Waals surface area contributed by atoms with Crippen LogP contribution in [0.4, 0.5) is 11.4 Å². The smallest absolute Gasteiger partial charge is 0.0582 e. The summed E-state index contributed by atoms with van der Waals surface area (Å²) in [6.45, 7) is 9.57. The Labute approximate surface area is 260 Å². The summed E-state index contributed by atoms with van der Waals surface area (Å²) in [4.78, 5) is 2.58. The Morgan fingerprint density at radius 2 is 1.55 bits per heavy atom. The first kappa shape index (κ1) is 25.9. The average molecular weight is 571 g/mol. The Bertz CT molecular complexity index is 2140. The largest absolute Gasteiger partial charge is 0.334 e. The number of allylic oxidation sites excluding steroid dienone is 6. The van der Waals surface area contributed by atoms with Crippen molar-refractivity contribution in [2.45, 2.75) is 58.4 Å². The number of hydrogen-bond donors (Lipinski definition) is 0. The van der Waals surface area contributed by atoms with E-state index < -0.39 is 0 Å². The molecule has 2 heteroatoms. The van der Waals surface area contributed by atoms with Crippen molar-refractivity contribution in [1.82, 2.24) is 4.57 Å². The minimum Gasteiger partial charge on any atom is -0.334 e. The van der Waals surface area contributed by atoms with Gasteiger partial charge in [-0.2, -0.15) is 0 Å². The highest BCUT2D eigenvalue weighted by Gasteiger charge is 2.42. The van der Waals surface area contributed by atoms with Gasteiger partial charge in [0.25, 0.3) is 0 Å². The molecule has 1 aliphatic heterocycles. The SMILES string of the molecule is CC1(C)C2=CC(N(c3ccccc3)c3ccc4c(c3)c3cccc5c3n4-c3ccccc3C5(C)C)CC=C2C2=C1C=CCC2. The van der Waals surface area contributed by atoms with E-state index in [1.807, 2.05) is 0 Å². The fraction of sp³-hybridized carbons (Fsp3) is 0.238. The van der Waals surface area contributed by atoms with Crippen LogP contribution in [0.2, 0.25) is 0 Å². The van der Waals surface area contributed by atoms with Crippen LogP contribution in [-0.2, 0) is 5.41 Å². The highest BCUT2D eigenvalue weighted by atomic mass is 15.2. The zero-order chi connectivity index (χ0) is 29.8. The second-order valence-corrected chi connectivity index (χ2v) is 14.0. The lowest BCUT2D eigenvalue weighted by Crippen LogP contribution is -2.32. The highest BCUT2D eigenvalue weighted by Crippen LogP contribution is 2.55. The Kier molecular flexibility index (Phi) is 5.29. The van der Waals surface area contributed by atoms with Crippen LogP contribution >= 0.6 is 0 Å². The van der Waals surface area contributed by atoms with Gasteiger partial charge in [-0.05, 0) is 89.1 Å². The lowest BCUT2D eigenvalue weighted by atomic mass is 9.75. The van der Waals surface area contributed by atoms with Gasteiger partial charge in [-0.25, -0.2) is 0 Å². The van der Waals surface area contributed by atoms with Crippen molar-refractivity contribution in [2.24, 2.45) is 5.41 Å². The second-order valence-electron chi connectivity index (χ2n) is 14.0. The zero-order valence-electron chi connectivity index (χ0n) is 26.1. The third kappa shape index (κ3) is 3.37. The van der Waals surface area contributed by atoms with Gasteiger partial charge in [0.1, 0.15) is 0 Å². The van der Waals surface area contributed by atoms with Crippen molar-refractivity contribution in [2.75, 3.05) is 4.90 Å². The van der Waals surface area contributed by atoms with Crippen LogP contribution in [0, 0.1) is 5.41 Å². The molecule has 3 aliphatic carbocycles. The van der Waals surface area contributed by atoms with Crippen LogP contribution in [0.5, 0.6) is 0 Å². The first-order valence-corrected chi connectivity index (χ1v) is 16.2. The third-order valence-electron chi connectivity index (χ3n) is 11.0. The number of aromatic nitrogens is 1. The molecule has 5 aromatic rings. The van der Waals surface area contributed by atoms with Crippen molar-refractivity contribution in [3.63, 3.8) is 0 Å². The number of benzene rings is 4. The molecule has 9 rings (SSSR count). The molecule has 0 spiro atoms. The quantitative estimate of drug-likeness (QED) is 0.209. The number of rotatable bonds is 3. The van der Waals surface area contributed by atoms with Crippen LogP contribution in [0.15, 0.2) is 138 Å². The molecule has 0 fully saturated rings. The van der Waals surface area contributed by atoms with Gasteiger partial charge >= 0.3 is 0 Å². The summed E-state index contributed by atoms with van der Waals surface area (Å²) in [6, 6.07) is 34.2. The molecule has 1 atom stereocenters. The molecule has 216 valence electrons. The topological polar surface area (TPSA) is 8.17 Å². The van der Waals surface area contributed by atoms with Crippen molar-refractivity contribution in [3.05, 3.63) is 149 Å². The molecule has 1 unspecified atom stereocenters. The molecule has 2 heterocycles. The average Bonchev–Trinajstić information content (AvgIpc) is 3.50. The van der Waals surface area contributed by atoms with E-state index in [2.05, 4.69) is 152 Å². The molecule has 0 N–H and O–H groups in total. The van der Waals surface area contributed by atoms with Gasteiger partial charge in [0.2, 0.25) is 0 Å². The number of fused-ring (bicyclic) bond motifs is 7. The summed E-state index contributed by atoms with van der Waals surface area (Å²) in [5, 5.41) is 2.65. The maximum atomic E-state index is 2.59. The van der Waals surface area contributed by atoms with E-state index in [4.69, 9.17) is 0 Å². The van der Waals surface area contributed by atoms with E-state index in [0.717, 1.165) is 19.3 Å². The van der Waals surface area contributed by atoms with Crippen molar-refractivity contribution >= 4 is 33.2 Å². The Balaban J connectivity index is 1.24. The van der Waals surface area contributed by atoms with Gasteiger partial charge < -0.3 is 9.47 Å². The predicted octanol–water partition coefficient (Wildman–Crippen LogP) is 10.9. The fourth-order valence-corrected chi connectivity index (χ4v) is 8.81. The molecular weight excluding hydrogens is 532 g/mol. The van der Waals surface area contributed by atoms with Crippen molar-refractivity contribution in [1.29, 1.82) is 0 Å². The first-order chi connectivity index (χ1) is 21.4. The van der Waals surface area contributed by atoms with Crippen LogP contribution < -0.4 is 4.90 Å². The highest BCUT2D eigenvalue weighted by molar-refractivity contribution is 6.12. The van der Waals surface area contributed by atoms with Gasteiger partial charge in [0, 0.05) is 33.0 Å². The Morgan fingerprint density at radius 3 is 2.41 bits per heavy atom. The Morgan fingerprint density at radius 1 is 0.750 bits per heavy atom. The minimum absolute atomic E-state index is 0.0301. The summed E-state index contributed by atoms with van der Waals surface area (Å²) >= 11 is 0. The van der Waals surface area contributed by atoms with E-state index in [9.17, 15) is 0 Å². The summed E-state index contributed by atoms with van der Waals surface area (Å²) in [5.41, 5.74) is 15.2. The zero-order valence-corrected chi connectivity index (χ0v) is 26.1. The summed E-state index contributed by atoms with van der Waals surface area (Å²) in [7, 11) is 0. The summed E-state index contributed by atoms with van der Waals surface area (Å²) < 4.78 is 2.51. The molecule has 0 saturated heterocycles. The standard InChI is InChI=1S/C42H38N2/c1-41(2)34-17-9-8-15-30(34)31-23-21-29(26-37(31)41)43(27-13-6-5-7-14-27)28-22-24-38-33(25-28)32-16-12-19-36-40(32)44(38)39-20-11-10-18-35(39)42(36,3)4/h5-7,9-14,16-20,22-26,29H,8,15,21H2,1-4H3. The summed E-state index contributed by atoms with van der Waals surface area (Å²) in [6.07, 6.45) is 13.2. The number of anilines is 2. The number of para-hydroxylation sites is 3. The molecule has 0 bridgehead atoms. The monoisotopic (exact) mass is 570 g/mol. The fourth-order valence-electron chi connectivity index (χ4n) is 8.81. The van der Waals surface area contributed by atoms with Crippen LogP contribution in [-0.4, -0.2) is 10.6 Å². The van der Waals surface area contributed by atoms with E-state index in [1.54, 1.807) is 5.57 Å². The van der Waals surface area contributed by atoms with E-state index in [-0.39, 0.29) is 16.9 Å². The lowest BCUT2D eigenvalue weighted by molar-refractivity contribution is 0.565. The molecule has 0 saturated carbocycles. The van der Waals surface area contributed by atoms with E-state index in [1.165, 1.54) is 66.7 Å². The maximum Gasteiger partial charge on any atom is 0.0582 e. The molecular formula is C42H38N2. The molecule has 4 aliphatic rings. The first-order valence-electron chi connectivity index (χ1n) is 16.2. The molecule has 44 heavy (non-hydrogen) atoms. The van der Waals surface area contributed by atoms with Crippen molar-refractivity contribution in [3.8, 4) is 5.69 Å². The van der Waals surface area contributed by atoms with E-state index >= 15 is 0 Å². The minimum atomic E-state index is -0.0613. The summed E-state index contributed by atoms with van der Waals surface area (Å²) in [5.74, 6) is 0. The number of nitrogens with zero attached hydrogens (tertiary/aromatic N) is 2. The molecule has 1 aromatic heterocycles. The van der Waals surface area contributed by atoms with Crippen molar-refractivity contribution < 1.29 is 0 Å². The molecule has 0 radical (unpaired) electrons. The number of hydrogen-bond acceptors (Lipinski definition) is 1. The van der Waals surface area contributed by atoms with Gasteiger partial charge in [-0.1, -0.05) is 107 Å². The molecule has 0 amide bonds. The lowest BCUT2D eigenvalue weighted by Gasteiger charge is -2.36.